The topological polar surface area (TPSA) is 26.3 Å². The summed E-state index contributed by atoms with van der Waals surface area (Å²) < 4.78 is 6.52. The van der Waals surface area contributed by atoms with Gasteiger partial charge >= 0.3 is 5.97 Å². The van der Waals surface area contributed by atoms with E-state index in [0.717, 1.165) is 20.8 Å². The van der Waals surface area contributed by atoms with Gasteiger partial charge in [0.25, 0.3) is 0 Å². The Labute approximate surface area is 160 Å². The van der Waals surface area contributed by atoms with Gasteiger partial charge in [0.15, 0.2) is 0 Å². The fourth-order valence-corrected chi connectivity index (χ4v) is 3.83. The summed E-state index contributed by atoms with van der Waals surface area (Å²) in [6.07, 6.45) is 0. The highest BCUT2D eigenvalue weighted by Gasteiger charge is 2.14. The summed E-state index contributed by atoms with van der Waals surface area (Å²) >= 11 is 3.39. The van der Waals surface area contributed by atoms with Gasteiger partial charge < -0.3 is 4.74 Å². The predicted molar refractivity (Wildman–Crippen MR) is 109 cm³/mol. The second-order valence-corrected chi connectivity index (χ2v) is 7.20. The molecule has 0 aliphatic heterocycles. The summed E-state index contributed by atoms with van der Waals surface area (Å²) in [5.41, 5.74) is 2.84. The van der Waals surface area contributed by atoms with Crippen molar-refractivity contribution >= 4 is 43.4 Å². The third-order valence-corrected chi connectivity index (χ3v) is 5.21. The minimum absolute atomic E-state index is 0.243. The molecule has 2 nitrogen and oxygen atoms in total. The van der Waals surface area contributed by atoms with Crippen LogP contribution in [0.3, 0.4) is 0 Å². The minimum atomic E-state index is -0.319. The highest BCUT2D eigenvalue weighted by atomic mass is 79.9. The number of aryl methyl sites for hydroxylation is 1. The van der Waals surface area contributed by atoms with Crippen LogP contribution in [-0.4, -0.2) is 5.97 Å². The number of halogens is 1. The van der Waals surface area contributed by atoms with Gasteiger partial charge in [-0.05, 0) is 52.2 Å². The quantitative estimate of drug-likeness (QED) is 0.290. The lowest BCUT2D eigenvalue weighted by molar-refractivity contribution is 0.0476. The normalized spacial score (nSPS) is 11.0. The molecule has 0 atom stereocenters. The standard InChI is InChI=1S/C23H17BrO2/c1-15-18-9-2-4-11-20(18)22(21-12-5-3-10-19(15)21)14-26-23(25)16-7-6-8-17(24)13-16/h2-13H,14H2,1H3. The fourth-order valence-electron chi connectivity index (χ4n) is 3.43. The number of ether oxygens (including phenoxy) is 1. The number of carbonyl (C=O) groups is 1. The Morgan fingerprint density at radius 3 is 2.00 bits per heavy atom. The van der Waals surface area contributed by atoms with Gasteiger partial charge in [0.1, 0.15) is 6.61 Å². The second kappa shape index (κ2) is 6.93. The smallest absolute Gasteiger partial charge is 0.338 e. The number of hydrogen-bond donors (Lipinski definition) is 0. The Kier molecular flexibility index (Phi) is 4.48. The molecule has 0 N–H and O–H groups in total. The van der Waals surface area contributed by atoms with Crippen LogP contribution in [0.5, 0.6) is 0 Å². The molecule has 128 valence electrons. The second-order valence-electron chi connectivity index (χ2n) is 6.28. The molecular formula is C23H17BrO2. The van der Waals surface area contributed by atoms with Crippen LogP contribution >= 0.6 is 15.9 Å². The fraction of sp³-hybridized carbons (Fsp3) is 0.0870. The third-order valence-electron chi connectivity index (χ3n) is 4.72. The van der Waals surface area contributed by atoms with E-state index in [-0.39, 0.29) is 12.6 Å². The van der Waals surface area contributed by atoms with Crippen LogP contribution in [0.25, 0.3) is 21.5 Å². The molecular weight excluding hydrogens is 388 g/mol. The molecule has 0 amide bonds. The van der Waals surface area contributed by atoms with Gasteiger partial charge in [-0.15, -0.1) is 0 Å². The molecule has 0 aliphatic carbocycles. The van der Waals surface area contributed by atoms with Crippen LogP contribution < -0.4 is 0 Å². The van der Waals surface area contributed by atoms with Crippen molar-refractivity contribution in [1.29, 1.82) is 0 Å². The van der Waals surface area contributed by atoms with E-state index in [4.69, 9.17) is 4.74 Å². The van der Waals surface area contributed by atoms with E-state index in [2.05, 4.69) is 47.1 Å². The first-order chi connectivity index (χ1) is 12.6. The summed E-state index contributed by atoms with van der Waals surface area (Å²) in [4.78, 5) is 12.5. The molecule has 0 bridgehead atoms. The lowest BCUT2D eigenvalue weighted by Crippen LogP contribution is -2.06. The Balaban J connectivity index is 1.78. The van der Waals surface area contributed by atoms with E-state index in [1.165, 1.54) is 16.3 Å². The number of carbonyl (C=O) groups excluding carboxylic acids is 1. The Hall–Kier alpha value is -2.65. The van der Waals surface area contributed by atoms with Crippen LogP contribution in [0.2, 0.25) is 0 Å². The summed E-state index contributed by atoms with van der Waals surface area (Å²) in [6.45, 7) is 2.38. The molecule has 0 fully saturated rings. The maximum atomic E-state index is 12.5. The molecule has 0 aliphatic rings. The van der Waals surface area contributed by atoms with E-state index in [9.17, 15) is 4.79 Å². The average molecular weight is 405 g/mol. The van der Waals surface area contributed by atoms with E-state index in [0.29, 0.717) is 5.56 Å². The zero-order chi connectivity index (χ0) is 18.1. The van der Waals surface area contributed by atoms with Crippen LogP contribution in [-0.2, 0) is 11.3 Å². The third kappa shape index (κ3) is 2.99. The molecule has 0 heterocycles. The molecule has 0 spiro atoms. The lowest BCUT2D eigenvalue weighted by atomic mass is 9.93. The zero-order valence-corrected chi connectivity index (χ0v) is 15.9. The van der Waals surface area contributed by atoms with Crippen molar-refractivity contribution in [3.8, 4) is 0 Å². The predicted octanol–water partition coefficient (Wildman–Crippen LogP) is 6.42. The summed E-state index contributed by atoms with van der Waals surface area (Å²) in [5.74, 6) is -0.319. The van der Waals surface area contributed by atoms with Crippen molar-refractivity contribution < 1.29 is 9.53 Å². The van der Waals surface area contributed by atoms with Crippen LogP contribution in [0.1, 0.15) is 21.5 Å². The minimum Gasteiger partial charge on any atom is -0.457 e. The molecule has 0 aromatic heterocycles. The SMILES string of the molecule is Cc1c2ccccc2c(COC(=O)c2cccc(Br)c2)c2ccccc12. The number of rotatable bonds is 3. The maximum absolute atomic E-state index is 12.5. The Morgan fingerprint density at radius 2 is 1.42 bits per heavy atom. The van der Waals surface area contributed by atoms with Gasteiger partial charge in [-0.25, -0.2) is 4.79 Å². The number of hydrogen-bond acceptors (Lipinski definition) is 2. The zero-order valence-electron chi connectivity index (χ0n) is 14.3. The van der Waals surface area contributed by atoms with Crippen molar-refractivity contribution in [3.63, 3.8) is 0 Å². The van der Waals surface area contributed by atoms with E-state index >= 15 is 0 Å². The van der Waals surface area contributed by atoms with Crippen molar-refractivity contribution in [2.75, 3.05) is 0 Å². The van der Waals surface area contributed by atoms with Crippen molar-refractivity contribution in [3.05, 3.63) is 94.0 Å². The molecule has 4 aromatic rings. The molecule has 0 radical (unpaired) electrons. The molecule has 26 heavy (non-hydrogen) atoms. The Morgan fingerprint density at radius 1 is 0.846 bits per heavy atom. The molecule has 0 saturated heterocycles. The molecule has 4 rings (SSSR count). The van der Waals surface area contributed by atoms with Gasteiger partial charge in [-0.3, -0.25) is 0 Å². The van der Waals surface area contributed by atoms with Crippen LogP contribution in [0, 0.1) is 6.92 Å². The first-order valence-corrected chi connectivity index (χ1v) is 9.26. The van der Waals surface area contributed by atoms with Gasteiger partial charge in [-0.1, -0.05) is 70.5 Å². The van der Waals surface area contributed by atoms with Crippen LogP contribution in [0.15, 0.2) is 77.3 Å². The van der Waals surface area contributed by atoms with Gasteiger partial charge in [-0.2, -0.15) is 0 Å². The van der Waals surface area contributed by atoms with Crippen molar-refractivity contribution in [2.24, 2.45) is 0 Å². The monoisotopic (exact) mass is 404 g/mol. The Bertz CT molecular complexity index is 1070. The van der Waals surface area contributed by atoms with Gasteiger partial charge in [0, 0.05) is 10.0 Å². The molecule has 3 heteroatoms. The number of benzene rings is 4. The van der Waals surface area contributed by atoms with Crippen molar-refractivity contribution in [1.82, 2.24) is 0 Å². The van der Waals surface area contributed by atoms with Crippen molar-refractivity contribution in [2.45, 2.75) is 13.5 Å². The summed E-state index contributed by atoms with van der Waals surface area (Å²) in [6, 6.07) is 23.8. The highest BCUT2D eigenvalue weighted by Crippen LogP contribution is 2.33. The van der Waals surface area contributed by atoms with Crippen LogP contribution in [0.4, 0.5) is 0 Å². The van der Waals surface area contributed by atoms with Gasteiger partial charge in [0.2, 0.25) is 0 Å². The van der Waals surface area contributed by atoms with E-state index in [1.54, 1.807) is 12.1 Å². The summed E-state index contributed by atoms with van der Waals surface area (Å²) in [7, 11) is 0. The first-order valence-electron chi connectivity index (χ1n) is 8.47. The summed E-state index contributed by atoms with van der Waals surface area (Å²) in [5, 5.41) is 4.65. The average Bonchev–Trinajstić information content (AvgIpc) is 2.68. The first kappa shape index (κ1) is 16.8. The molecule has 4 aromatic carbocycles. The van der Waals surface area contributed by atoms with E-state index in [1.807, 2.05) is 36.4 Å². The number of esters is 1. The van der Waals surface area contributed by atoms with Gasteiger partial charge in [0.05, 0.1) is 5.56 Å². The lowest BCUT2D eigenvalue weighted by Gasteiger charge is -2.15. The maximum Gasteiger partial charge on any atom is 0.338 e. The molecule has 0 saturated carbocycles. The molecule has 0 unspecified atom stereocenters. The number of fused-ring (bicyclic) bond motifs is 2. The highest BCUT2D eigenvalue weighted by molar-refractivity contribution is 9.10. The van der Waals surface area contributed by atoms with E-state index < -0.39 is 0 Å². The largest absolute Gasteiger partial charge is 0.457 e.